The van der Waals surface area contributed by atoms with Crippen LogP contribution in [0.4, 0.5) is 0 Å². The van der Waals surface area contributed by atoms with Gasteiger partial charge in [-0.05, 0) is 37.2 Å². The lowest BCUT2D eigenvalue weighted by atomic mass is 10.2. The molecule has 0 fully saturated rings. The molecule has 1 heterocycles. The Kier molecular flexibility index (Phi) is 5.95. The molecule has 1 aromatic heterocycles. The van der Waals surface area contributed by atoms with Crippen molar-refractivity contribution in [1.82, 2.24) is 15.1 Å². The van der Waals surface area contributed by atoms with Gasteiger partial charge >= 0.3 is 0 Å². The van der Waals surface area contributed by atoms with Crippen molar-refractivity contribution in [1.29, 1.82) is 0 Å². The van der Waals surface area contributed by atoms with Crippen LogP contribution in [-0.2, 0) is 7.05 Å². The van der Waals surface area contributed by atoms with Crippen LogP contribution in [0.25, 0.3) is 0 Å². The summed E-state index contributed by atoms with van der Waals surface area (Å²) < 4.78 is 1.94. The molecular formula is C15H20ClN3S. The Balaban J connectivity index is 2.03. The summed E-state index contributed by atoms with van der Waals surface area (Å²) in [6, 6.07) is 10.4. The highest BCUT2D eigenvalue weighted by molar-refractivity contribution is 7.99. The largest absolute Gasteiger partial charge is 0.308 e. The first-order valence-electron chi connectivity index (χ1n) is 6.80. The number of nitrogens with one attached hydrogen (secondary N) is 1. The topological polar surface area (TPSA) is 29.9 Å². The van der Waals surface area contributed by atoms with Gasteiger partial charge in [0.05, 0.1) is 11.7 Å². The zero-order valence-corrected chi connectivity index (χ0v) is 13.4. The molecule has 20 heavy (non-hydrogen) atoms. The summed E-state index contributed by atoms with van der Waals surface area (Å²) in [5, 5.41) is 8.63. The molecule has 5 heteroatoms. The van der Waals surface area contributed by atoms with Crippen molar-refractivity contribution in [2.45, 2.75) is 24.3 Å². The molecule has 1 aromatic carbocycles. The molecule has 3 nitrogen and oxygen atoms in total. The van der Waals surface area contributed by atoms with Crippen LogP contribution < -0.4 is 5.32 Å². The third-order valence-corrected chi connectivity index (χ3v) is 4.39. The van der Waals surface area contributed by atoms with Crippen molar-refractivity contribution in [2.24, 2.45) is 7.05 Å². The van der Waals surface area contributed by atoms with Crippen molar-refractivity contribution in [3.63, 3.8) is 0 Å². The van der Waals surface area contributed by atoms with Gasteiger partial charge in [0.2, 0.25) is 0 Å². The molecule has 0 saturated heterocycles. The third-order valence-electron chi connectivity index (χ3n) is 3.07. The first kappa shape index (κ1) is 15.4. The fraction of sp³-hybridized carbons (Fsp3) is 0.400. The van der Waals surface area contributed by atoms with Gasteiger partial charge in [0.25, 0.3) is 0 Å². The van der Waals surface area contributed by atoms with Gasteiger partial charge in [-0.1, -0.05) is 24.6 Å². The quantitative estimate of drug-likeness (QED) is 0.787. The SMILES string of the molecule is CCCNC(CSc1cccc(Cl)c1)c1ccnn1C. The molecule has 0 radical (unpaired) electrons. The van der Waals surface area contributed by atoms with E-state index in [2.05, 4.69) is 29.5 Å². The second-order valence-electron chi connectivity index (χ2n) is 4.65. The maximum absolute atomic E-state index is 6.03. The Hall–Kier alpha value is -0.970. The predicted octanol–water partition coefficient (Wildman–Crippen LogP) is 3.91. The zero-order valence-electron chi connectivity index (χ0n) is 11.8. The smallest absolute Gasteiger partial charge is 0.0587 e. The lowest BCUT2D eigenvalue weighted by Gasteiger charge is -2.18. The van der Waals surface area contributed by atoms with Crippen molar-refractivity contribution in [2.75, 3.05) is 12.3 Å². The molecule has 0 amide bonds. The van der Waals surface area contributed by atoms with Gasteiger partial charge in [-0.2, -0.15) is 5.10 Å². The van der Waals surface area contributed by atoms with Crippen LogP contribution >= 0.6 is 23.4 Å². The van der Waals surface area contributed by atoms with Crippen LogP contribution in [0.15, 0.2) is 41.4 Å². The first-order valence-corrected chi connectivity index (χ1v) is 8.16. The number of hydrogen-bond donors (Lipinski definition) is 1. The van der Waals surface area contributed by atoms with Crippen molar-refractivity contribution < 1.29 is 0 Å². The van der Waals surface area contributed by atoms with E-state index in [1.807, 2.05) is 47.9 Å². The van der Waals surface area contributed by atoms with E-state index < -0.39 is 0 Å². The number of rotatable bonds is 7. The zero-order chi connectivity index (χ0) is 14.4. The number of thioether (sulfide) groups is 1. The Morgan fingerprint density at radius 1 is 1.40 bits per heavy atom. The van der Waals surface area contributed by atoms with Crippen LogP contribution in [0.5, 0.6) is 0 Å². The van der Waals surface area contributed by atoms with E-state index in [0.29, 0.717) is 6.04 Å². The normalized spacial score (nSPS) is 12.6. The number of benzene rings is 1. The molecule has 0 saturated carbocycles. The number of hydrogen-bond acceptors (Lipinski definition) is 3. The molecule has 1 N–H and O–H groups in total. The summed E-state index contributed by atoms with van der Waals surface area (Å²) in [6.45, 7) is 3.18. The van der Waals surface area contributed by atoms with Gasteiger partial charge in [-0.3, -0.25) is 4.68 Å². The lowest BCUT2D eigenvalue weighted by molar-refractivity contribution is 0.535. The predicted molar refractivity (Wildman–Crippen MR) is 86.4 cm³/mol. The average Bonchev–Trinajstić information content (AvgIpc) is 2.85. The second-order valence-corrected chi connectivity index (χ2v) is 6.18. The van der Waals surface area contributed by atoms with E-state index in [9.17, 15) is 0 Å². The highest BCUT2D eigenvalue weighted by Crippen LogP contribution is 2.26. The molecule has 0 aliphatic heterocycles. The van der Waals surface area contributed by atoms with E-state index in [1.165, 1.54) is 10.6 Å². The minimum absolute atomic E-state index is 0.298. The van der Waals surface area contributed by atoms with Gasteiger partial charge in [0, 0.05) is 28.9 Å². The molecule has 0 spiro atoms. The van der Waals surface area contributed by atoms with Crippen molar-refractivity contribution >= 4 is 23.4 Å². The van der Waals surface area contributed by atoms with E-state index in [1.54, 1.807) is 0 Å². The molecule has 108 valence electrons. The molecule has 0 aliphatic carbocycles. The molecule has 1 unspecified atom stereocenters. The van der Waals surface area contributed by atoms with E-state index >= 15 is 0 Å². The average molecular weight is 310 g/mol. The van der Waals surface area contributed by atoms with Crippen LogP contribution in [0, 0.1) is 0 Å². The molecule has 0 aliphatic rings. The molecule has 0 bridgehead atoms. The Morgan fingerprint density at radius 3 is 2.90 bits per heavy atom. The third kappa shape index (κ3) is 4.27. The monoisotopic (exact) mass is 309 g/mol. The summed E-state index contributed by atoms with van der Waals surface area (Å²) in [5.74, 6) is 0.958. The van der Waals surface area contributed by atoms with E-state index in [-0.39, 0.29) is 0 Å². The number of halogens is 1. The minimum Gasteiger partial charge on any atom is -0.308 e. The van der Waals surface area contributed by atoms with Gasteiger partial charge in [-0.25, -0.2) is 0 Å². The maximum atomic E-state index is 6.03. The van der Waals surface area contributed by atoms with Crippen LogP contribution in [-0.4, -0.2) is 22.1 Å². The fourth-order valence-corrected chi connectivity index (χ4v) is 3.32. The molecule has 1 atom stereocenters. The van der Waals surface area contributed by atoms with Crippen LogP contribution in [0.1, 0.15) is 25.1 Å². The summed E-state index contributed by atoms with van der Waals surface area (Å²) in [4.78, 5) is 1.20. The van der Waals surface area contributed by atoms with Gasteiger partial charge < -0.3 is 5.32 Å². The van der Waals surface area contributed by atoms with Crippen LogP contribution in [0.2, 0.25) is 5.02 Å². The summed E-state index contributed by atoms with van der Waals surface area (Å²) >= 11 is 7.84. The molecular weight excluding hydrogens is 290 g/mol. The van der Waals surface area contributed by atoms with Gasteiger partial charge in [0.15, 0.2) is 0 Å². The summed E-state index contributed by atoms with van der Waals surface area (Å²) in [7, 11) is 1.99. The summed E-state index contributed by atoms with van der Waals surface area (Å²) in [6.07, 6.45) is 2.97. The van der Waals surface area contributed by atoms with E-state index in [0.717, 1.165) is 23.7 Å². The number of aromatic nitrogens is 2. The van der Waals surface area contributed by atoms with Crippen LogP contribution in [0.3, 0.4) is 0 Å². The fourth-order valence-electron chi connectivity index (χ4n) is 2.03. The van der Waals surface area contributed by atoms with E-state index in [4.69, 9.17) is 11.6 Å². The van der Waals surface area contributed by atoms with Gasteiger partial charge in [0.1, 0.15) is 0 Å². The van der Waals surface area contributed by atoms with Gasteiger partial charge in [-0.15, -0.1) is 11.8 Å². The number of nitrogens with zero attached hydrogens (tertiary/aromatic N) is 2. The minimum atomic E-state index is 0.298. The standard InChI is InChI=1S/C15H20ClN3S/c1-3-8-17-14(15-7-9-18-19(15)2)11-20-13-6-4-5-12(16)10-13/h4-7,9-10,14,17H,3,8,11H2,1-2H3. The Labute approximate surface area is 129 Å². The second kappa shape index (κ2) is 7.72. The summed E-state index contributed by atoms with van der Waals surface area (Å²) in [5.41, 5.74) is 1.22. The maximum Gasteiger partial charge on any atom is 0.0587 e. The lowest BCUT2D eigenvalue weighted by Crippen LogP contribution is -2.26. The highest BCUT2D eigenvalue weighted by Gasteiger charge is 2.14. The highest BCUT2D eigenvalue weighted by atomic mass is 35.5. The molecule has 2 rings (SSSR count). The molecule has 2 aromatic rings. The van der Waals surface area contributed by atoms with Crippen molar-refractivity contribution in [3.05, 3.63) is 47.2 Å². The Morgan fingerprint density at radius 2 is 2.25 bits per heavy atom. The number of aryl methyl sites for hydroxylation is 1. The Bertz CT molecular complexity index is 541. The first-order chi connectivity index (χ1) is 9.70. The van der Waals surface area contributed by atoms with Crippen molar-refractivity contribution in [3.8, 4) is 0 Å².